The van der Waals surface area contributed by atoms with Crippen molar-refractivity contribution in [2.24, 2.45) is 5.92 Å². The number of ether oxygens (including phenoxy) is 1. The third kappa shape index (κ3) is 3.33. The van der Waals surface area contributed by atoms with Gasteiger partial charge in [-0.25, -0.2) is 0 Å². The van der Waals surface area contributed by atoms with Crippen molar-refractivity contribution in [3.05, 3.63) is 17.5 Å². The van der Waals surface area contributed by atoms with Crippen LogP contribution in [0.2, 0.25) is 0 Å². The Bertz CT molecular complexity index is 368. The maximum absolute atomic E-state index is 9.10. The highest BCUT2D eigenvalue weighted by molar-refractivity contribution is 5.07. The quantitative estimate of drug-likeness (QED) is 0.874. The Morgan fingerprint density at radius 3 is 2.72 bits per heavy atom. The maximum atomic E-state index is 9.10. The minimum Gasteiger partial charge on any atom is -0.396 e. The first-order chi connectivity index (χ1) is 8.72. The number of nitrogens with zero attached hydrogens (tertiary/aromatic N) is 2. The standard InChI is InChI=1S/C14H24N2O2/c1-3-16-13(8-11(2)15-16)10-18-14-6-4-12(9-17)5-7-14/h8,12,14,17H,3-7,9-10H2,1-2H3. The first-order valence-electron chi connectivity index (χ1n) is 6.98. The van der Waals surface area contributed by atoms with Gasteiger partial charge in [-0.3, -0.25) is 4.68 Å². The lowest BCUT2D eigenvalue weighted by Gasteiger charge is -2.27. The monoisotopic (exact) mass is 252 g/mol. The van der Waals surface area contributed by atoms with Gasteiger partial charge in [0.2, 0.25) is 0 Å². The van der Waals surface area contributed by atoms with Gasteiger partial charge in [-0.05, 0) is 51.5 Å². The van der Waals surface area contributed by atoms with Gasteiger partial charge in [-0.15, -0.1) is 0 Å². The number of hydrogen-bond donors (Lipinski definition) is 1. The lowest BCUT2D eigenvalue weighted by atomic mass is 9.88. The van der Waals surface area contributed by atoms with Crippen LogP contribution in [0, 0.1) is 12.8 Å². The minimum absolute atomic E-state index is 0.328. The van der Waals surface area contributed by atoms with Gasteiger partial charge in [0.15, 0.2) is 0 Å². The van der Waals surface area contributed by atoms with Gasteiger partial charge < -0.3 is 9.84 Å². The van der Waals surface area contributed by atoms with Crippen LogP contribution < -0.4 is 0 Å². The summed E-state index contributed by atoms with van der Waals surface area (Å²) in [4.78, 5) is 0. The summed E-state index contributed by atoms with van der Waals surface area (Å²) in [5.74, 6) is 0.494. The van der Waals surface area contributed by atoms with E-state index in [4.69, 9.17) is 9.84 Å². The Morgan fingerprint density at radius 2 is 2.11 bits per heavy atom. The zero-order valence-corrected chi connectivity index (χ0v) is 11.4. The summed E-state index contributed by atoms with van der Waals surface area (Å²) in [5.41, 5.74) is 2.22. The number of aliphatic hydroxyl groups excluding tert-OH is 1. The predicted octanol–water partition coefficient (Wildman–Crippen LogP) is 2.28. The van der Waals surface area contributed by atoms with Gasteiger partial charge in [0, 0.05) is 13.2 Å². The number of rotatable bonds is 5. The minimum atomic E-state index is 0.328. The molecular weight excluding hydrogens is 228 g/mol. The van der Waals surface area contributed by atoms with Gasteiger partial charge in [-0.1, -0.05) is 0 Å². The molecule has 1 fully saturated rings. The highest BCUT2D eigenvalue weighted by Gasteiger charge is 2.21. The van der Waals surface area contributed by atoms with Crippen LogP contribution in [0.1, 0.15) is 44.0 Å². The van der Waals surface area contributed by atoms with E-state index in [1.807, 2.05) is 11.6 Å². The molecular formula is C14H24N2O2. The average Bonchev–Trinajstić information content (AvgIpc) is 2.77. The molecule has 1 aromatic heterocycles. The smallest absolute Gasteiger partial charge is 0.0888 e. The number of aromatic nitrogens is 2. The molecule has 0 spiro atoms. The second kappa shape index (κ2) is 6.34. The molecule has 0 unspecified atom stereocenters. The summed E-state index contributed by atoms with van der Waals surface area (Å²) in [7, 11) is 0. The van der Waals surface area contributed by atoms with Crippen molar-refractivity contribution < 1.29 is 9.84 Å². The second-order valence-corrected chi connectivity index (χ2v) is 5.23. The van der Waals surface area contributed by atoms with E-state index in [1.54, 1.807) is 0 Å². The molecule has 4 nitrogen and oxygen atoms in total. The van der Waals surface area contributed by atoms with E-state index in [9.17, 15) is 0 Å². The fourth-order valence-electron chi connectivity index (χ4n) is 2.67. The molecule has 102 valence electrons. The Kier molecular flexibility index (Phi) is 4.78. The second-order valence-electron chi connectivity index (χ2n) is 5.23. The Hall–Kier alpha value is -0.870. The lowest BCUT2D eigenvalue weighted by Crippen LogP contribution is -2.23. The van der Waals surface area contributed by atoms with Crippen molar-refractivity contribution in [3.8, 4) is 0 Å². The Labute approximate surface area is 109 Å². The normalized spacial score (nSPS) is 24.4. The molecule has 18 heavy (non-hydrogen) atoms. The van der Waals surface area contributed by atoms with Crippen molar-refractivity contribution in [1.29, 1.82) is 0 Å². The van der Waals surface area contributed by atoms with Crippen LogP contribution in [-0.4, -0.2) is 27.6 Å². The highest BCUT2D eigenvalue weighted by Crippen LogP contribution is 2.26. The van der Waals surface area contributed by atoms with Gasteiger partial charge in [0.1, 0.15) is 0 Å². The molecule has 0 saturated heterocycles. The van der Waals surface area contributed by atoms with Gasteiger partial charge in [0.25, 0.3) is 0 Å². The van der Waals surface area contributed by atoms with E-state index in [2.05, 4.69) is 18.1 Å². The average molecular weight is 252 g/mol. The molecule has 1 aromatic rings. The van der Waals surface area contributed by atoms with Crippen LogP contribution in [0.5, 0.6) is 0 Å². The molecule has 1 N–H and O–H groups in total. The van der Waals surface area contributed by atoms with Crippen LogP contribution >= 0.6 is 0 Å². The Balaban J connectivity index is 1.81. The van der Waals surface area contributed by atoms with Gasteiger partial charge in [0.05, 0.1) is 24.1 Å². The maximum Gasteiger partial charge on any atom is 0.0888 e. The van der Waals surface area contributed by atoms with Crippen LogP contribution in [0.4, 0.5) is 0 Å². The molecule has 1 aliphatic carbocycles. The van der Waals surface area contributed by atoms with Crippen molar-refractivity contribution in [1.82, 2.24) is 9.78 Å². The summed E-state index contributed by atoms with van der Waals surface area (Å²) in [6, 6.07) is 2.10. The molecule has 1 aliphatic rings. The largest absolute Gasteiger partial charge is 0.396 e. The summed E-state index contributed by atoms with van der Waals surface area (Å²) in [6.07, 6.45) is 4.68. The van der Waals surface area contributed by atoms with E-state index >= 15 is 0 Å². The van der Waals surface area contributed by atoms with Crippen LogP contribution in [0.25, 0.3) is 0 Å². The highest BCUT2D eigenvalue weighted by atomic mass is 16.5. The van der Waals surface area contributed by atoms with Crippen LogP contribution in [0.3, 0.4) is 0 Å². The molecule has 1 heterocycles. The Morgan fingerprint density at radius 1 is 1.39 bits per heavy atom. The van der Waals surface area contributed by atoms with E-state index < -0.39 is 0 Å². The predicted molar refractivity (Wildman–Crippen MR) is 70.3 cm³/mol. The van der Waals surface area contributed by atoms with Gasteiger partial charge in [-0.2, -0.15) is 5.10 Å². The van der Waals surface area contributed by atoms with Crippen molar-refractivity contribution >= 4 is 0 Å². The zero-order chi connectivity index (χ0) is 13.0. The molecule has 0 aliphatic heterocycles. The molecule has 1 saturated carbocycles. The lowest BCUT2D eigenvalue weighted by molar-refractivity contribution is -0.00154. The summed E-state index contributed by atoms with van der Waals surface area (Å²) < 4.78 is 7.98. The van der Waals surface area contributed by atoms with Crippen molar-refractivity contribution in [2.75, 3.05) is 6.61 Å². The summed E-state index contributed by atoms with van der Waals surface area (Å²) >= 11 is 0. The first kappa shape index (κ1) is 13.6. The number of aryl methyl sites for hydroxylation is 2. The van der Waals surface area contributed by atoms with Crippen molar-refractivity contribution in [3.63, 3.8) is 0 Å². The third-order valence-corrected chi connectivity index (χ3v) is 3.80. The van der Waals surface area contributed by atoms with E-state index in [1.165, 1.54) is 5.69 Å². The molecule has 0 atom stereocenters. The van der Waals surface area contributed by atoms with Crippen LogP contribution in [-0.2, 0) is 17.9 Å². The van der Waals surface area contributed by atoms with Gasteiger partial charge >= 0.3 is 0 Å². The van der Waals surface area contributed by atoms with E-state index in [-0.39, 0.29) is 0 Å². The van der Waals surface area contributed by atoms with E-state index in [0.29, 0.717) is 25.2 Å². The number of hydrogen-bond acceptors (Lipinski definition) is 3. The summed E-state index contributed by atoms with van der Waals surface area (Å²) in [5, 5.41) is 13.5. The molecule has 0 aromatic carbocycles. The fourth-order valence-corrected chi connectivity index (χ4v) is 2.67. The number of aliphatic hydroxyl groups is 1. The van der Waals surface area contributed by atoms with Crippen molar-refractivity contribution in [2.45, 2.75) is 58.8 Å². The third-order valence-electron chi connectivity index (χ3n) is 3.80. The summed E-state index contributed by atoms with van der Waals surface area (Å²) in [6.45, 7) is 5.99. The first-order valence-corrected chi connectivity index (χ1v) is 6.98. The zero-order valence-electron chi connectivity index (χ0n) is 11.4. The fraction of sp³-hybridized carbons (Fsp3) is 0.786. The molecule has 4 heteroatoms. The molecule has 2 rings (SSSR count). The topological polar surface area (TPSA) is 47.3 Å². The molecule has 0 bridgehead atoms. The molecule has 0 amide bonds. The van der Waals surface area contributed by atoms with E-state index in [0.717, 1.165) is 37.9 Å². The van der Waals surface area contributed by atoms with Crippen LogP contribution in [0.15, 0.2) is 6.07 Å². The SMILES string of the molecule is CCn1nc(C)cc1COC1CCC(CO)CC1. The molecule has 0 radical (unpaired) electrons.